The van der Waals surface area contributed by atoms with Gasteiger partial charge in [-0.25, -0.2) is 0 Å². The van der Waals surface area contributed by atoms with Gasteiger partial charge in [0.1, 0.15) is 12.4 Å². The smallest absolute Gasteiger partial charge is 0.235 e. The van der Waals surface area contributed by atoms with Gasteiger partial charge in [0.15, 0.2) is 0 Å². The van der Waals surface area contributed by atoms with Gasteiger partial charge in [0.2, 0.25) is 5.91 Å². The zero-order chi connectivity index (χ0) is 24.1. The summed E-state index contributed by atoms with van der Waals surface area (Å²) in [5, 5.41) is 4.15. The second kappa shape index (κ2) is 11.3. The molecule has 0 aliphatic carbocycles. The monoisotopic (exact) mass is 504 g/mol. The van der Waals surface area contributed by atoms with E-state index in [4.69, 9.17) is 32.7 Å². The average molecular weight is 505 g/mol. The number of nitrogens with one attached hydrogen (secondary N) is 1. The van der Waals surface area contributed by atoms with Gasteiger partial charge in [-0.1, -0.05) is 43.1 Å². The second-order valence-corrected chi connectivity index (χ2v) is 10.7. The summed E-state index contributed by atoms with van der Waals surface area (Å²) in [6, 6.07) is 12.9. The Hall–Kier alpha value is -1.79. The predicted octanol–water partition coefficient (Wildman–Crippen LogP) is 6.04. The van der Waals surface area contributed by atoms with Gasteiger partial charge >= 0.3 is 0 Å². The lowest BCUT2D eigenvalue weighted by molar-refractivity contribution is -0.125. The van der Waals surface area contributed by atoms with Crippen LogP contribution in [0.15, 0.2) is 42.5 Å². The summed E-state index contributed by atoms with van der Waals surface area (Å²) < 4.78 is 11.5. The fourth-order valence-electron chi connectivity index (χ4n) is 5.37. The molecule has 1 N–H and O–H groups in total. The van der Waals surface area contributed by atoms with Crippen LogP contribution in [-0.2, 0) is 14.9 Å². The van der Waals surface area contributed by atoms with Gasteiger partial charge in [0.05, 0.1) is 5.41 Å². The number of hydrogen-bond acceptors (Lipinski definition) is 4. The number of halogens is 2. The van der Waals surface area contributed by atoms with E-state index in [1.54, 1.807) is 12.1 Å². The number of piperidine rings is 1. The highest BCUT2D eigenvalue weighted by Crippen LogP contribution is 2.40. The van der Waals surface area contributed by atoms with Gasteiger partial charge < -0.3 is 14.8 Å². The molecule has 34 heavy (non-hydrogen) atoms. The third-order valence-electron chi connectivity index (χ3n) is 6.96. The van der Waals surface area contributed by atoms with E-state index in [-0.39, 0.29) is 5.91 Å². The quantitative estimate of drug-likeness (QED) is 0.499. The van der Waals surface area contributed by atoms with Crippen LogP contribution in [0, 0.1) is 11.8 Å². The first-order valence-electron chi connectivity index (χ1n) is 12.2. The maximum absolute atomic E-state index is 13.5. The van der Waals surface area contributed by atoms with E-state index < -0.39 is 5.41 Å². The Kier molecular flexibility index (Phi) is 8.41. The van der Waals surface area contributed by atoms with Crippen LogP contribution in [0.3, 0.4) is 0 Å². The number of hydrogen-bond donors (Lipinski definition) is 1. The Balaban J connectivity index is 1.37. The number of nitrogens with zero attached hydrogens (tertiary/aromatic N) is 1. The van der Waals surface area contributed by atoms with Crippen LogP contribution in [0.5, 0.6) is 5.75 Å². The molecule has 0 saturated carbocycles. The number of anilines is 1. The molecule has 2 saturated heterocycles. The lowest BCUT2D eigenvalue weighted by Gasteiger charge is -2.36. The SMILES string of the molecule is C[C@@H]1C[C@H](C)CN(CCOc2ccc(NC(=O)C3(c4ccc(Cl)cc4Cl)CCOCC3)cc2)C1. The number of ether oxygens (including phenoxy) is 2. The molecule has 4 rings (SSSR count). The van der Waals surface area contributed by atoms with Crippen molar-refractivity contribution < 1.29 is 14.3 Å². The highest BCUT2D eigenvalue weighted by atomic mass is 35.5. The first-order chi connectivity index (χ1) is 16.4. The molecule has 2 aromatic rings. The lowest BCUT2D eigenvalue weighted by Crippen LogP contribution is -2.45. The number of likely N-dealkylation sites (tertiary alicyclic amines) is 1. The molecular formula is C27H34Cl2N2O3. The van der Waals surface area contributed by atoms with Crippen molar-refractivity contribution in [2.24, 2.45) is 11.8 Å². The zero-order valence-corrected chi connectivity index (χ0v) is 21.5. The first kappa shape index (κ1) is 25.3. The second-order valence-electron chi connectivity index (χ2n) is 9.85. The van der Waals surface area contributed by atoms with Crippen molar-refractivity contribution in [1.29, 1.82) is 0 Å². The van der Waals surface area contributed by atoms with E-state index in [1.807, 2.05) is 30.3 Å². The van der Waals surface area contributed by atoms with Crippen LogP contribution in [0.25, 0.3) is 0 Å². The zero-order valence-electron chi connectivity index (χ0n) is 20.0. The molecule has 0 radical (unpaired) electrons. The Bertz CT molecular complexity index is 966. The Morgan fingerprint density at radius 3 is 2.41 bits per heavy atom. The summed E-state index contributed by atoms with van der Waals surface area (Å²) in [6.07, 6.45) is 2.44. The van der Waals surface area contributed by atoms with Crippen LogP contribution in [0.1, 0.15) is 38.7 Å². The minimum Gasteiger partial charge on any atom is -0.492 e. The van der Waals surface area contributed by atoms with E-state index in [0.717, 1.165) is 48.5 Å². The maximum Gasteiger partial charge on any atom is 0.235 e. The molecule has 184 valence electrons. The van der Waals surface area contributed by atoms with E-state index in [0.29, 0.717) is 42.7 Å². The predicted molar refractivity (Wildman–Crippen MR) is 138 cm³/mol. The largest absolute Gasteiger partial charge is 0.492 e. The summed E-state index contributed by atoms with van der Waals surface area (Å²) in [7, 11) is 0. The molecular weight excluding hydrogens is 471 g/mol. The van der Waals surface area contributed by atoms with Crippen LogP contribution in [0.2, 0.25) is 10.0 Å². The Morgan fingerprint density at radius 2 is 1.76 bits per heavy atom. The van der Waals surface area contributed by atoms with Crippen molar-refractivity contribution in [3.05, 3.63) is 58.1 Å². The first-order valence-corrected chi connectivity index (χ1v) is 12.9. The number of carbonyl (C=O) groups is 1. The summed E-state index contributed by atoms with van der Waals surface area (Å²) >= 11 is 12.6. The maximum atomic E-state index is 13.5. The topological polar surface area (TPSA) is 50.8 Å². The van der Waals surface area contributed by atoms with Gasteiger partial charge in [-0.2, -0.15) is 0 Å². The van der Waals surface area contributed by atoms with Crippen molar-refractivity contribution in [3.63, 3.8) is 0 Å². The lowest BCUT2D eigenvalue weighted by atomic mass is 9.73. The summed E-state index contributed by atoms with van der Waals surface area (Å²) in [6.45, 7) is 9.53. The number of carbonyl (C=O) groups excluding carboxylic acids is 1. The van der Waals surface area contributed by atoms with Crippen molar-refractivity contribution in [1.82, 2.24) is 4.90 Å². The summed E-state index contributed by atoms with van der Waals surface area (Å²) in [4.78, 5) is 16.0. The fourth-order valence-corrected chi connectivity index (χ4v) is 5.96. The van der Waals surface area contributed by atoms with Crippen molar-refractivity contribution in [2.45, 2.75) is 38.5 Å². The molecule has 2 aromatic carbocycles. The molecule has 2 aliphatic heterocycles. The Labute approximate surface area is 212 Å². The third-order valence-corrected chi connectivity index (χ3v) is 7.51. The third kappa shape index (κ3) is 6.06. The van der Waals surface area contributed by atoms with Crippen LogP contribution < -0.4 is 10.1 Å². The van der Waals surface area contributed by atoms with Gasteiger partial charge in [-0.3, -0.25) is 9.69 Å². The fraction of sp³-hybridized carbons (Fsp3) is 0.519. The molecule has 2 fully saturated rings. The van der Waals surface area contributed by atoms with Crippen molar-refractivity contribution >= 4 is 34.8 Å². The standard InChI is InChI=1S/C27H34Cl2N2O3/c1-19-15-20(2)18-31(17-19)11-14-34-23-6-4-22(5-7-23)30-26(32)27(9-12-33-13-10-27)24-8-3-21(28)16-25(24)29/h3-8,16,19-20H,9-15,17-18H2,1-2H3,(H,30,32)/t19-,20+. The van der Waals surface area contributed by atoms with Gasteiger partial charge in [0, 0.05) is 48.6 Å². The highest BCUT2D eigenvalue weighted by Gasteiger charge is 2.43. The number of amides is 1. The van der Waals surface area contributed by atoms with E-state index in [1.165, 1.54) is 6.42 Å². The molecule has 2 heterocycles. The van der Waals surface area contributed by atoms with Gasteiger partial charge in [-0.05, 0) is 73.1 Å². The van der Waals surface area contributed by atoms with E-state index in [9.17, 15) is 4.79 Å². The van der Waals surface area contributed by atoms with Crippen molar-refractivity contribution in [2.75, 3.05) is 44.8 Å². The molecule has 0 aromatic heterocycles. The van der Waals surface area contributed by atoms with Crippen LogP contribution in [-0.4, -0.2) is 50.3 Å². The molecule has 1 amide bonds. The summed E-state index contributed by atoms with van der Waals surface area (Å²) in [5.41, 5.74) is 0.769. The van der Waals surface area contributed by atoms with Crippen LogP contribution in [0.4, 0.5) is 5.69 Å². The molecule has 2 aliphatic rings. The molecule has 0 unspecified atom stereocenters. The minimum atomic E-state index is -0.752. The number of rotatable bonds is 7. The van der Waals surface area contributed by atoms with Gasteiger partial charge in [0.25, 0.3) is 0 Å². The molecule has 2 atom stereocenters. The van der Waals surface area contributed by atoms with E-state index >= 15 is 0 Å². The van der Waals surface area contributed by atoms with Crippen LogP contribution >= 0.6 is 23.2 Å². The molecule has 5 nitrogen and oxygen atoms in total. The van der Waals surface area contributed by atoms with E-state index in [2.05, 4.69) is 24.1 Å². The normalized spacial score (nSPS) is 22.8. The average Bonchev–Trinajstić information content (AvgIpc) is 2.80. The Morgan fingerprint density at radius 1 is 1.09 bits per heavy atom. The molecule has 7 heteroatoms. The number of benzene rings is 2. The minimum absolute atomic E-state index is 0.0815. The molecule has 0 bridgehead atoms. The van der Waals surface area contributed by atoms with Crippen molar-refractivity contribution in [3.8, 4) is 5.75 Å². The van der Waals surface area contributed by atoms with Gasteiger partial charge in [-0.15, -0.1) is 0 Å². The summed E-state index contributed by atoms with van der Waals surface area (Å²) in [5.74, 6) is 2.21. The highest BCUT2D eigenvalue weighted by molar-refractivity contribution is 6.35. The molecule has 0 spiro atoms.